The second kappa shape index (κ2) is 17.8. The van der Waals surface area contributed by atoms with Gasteiger partial charge in [0.15, 0.2) is 0 Å². The summed E-state index contributed by atoms with van der Waals surface area (Å²) >= 11 is 0. The van der Waals surface area contributed by atoms with Crippen molar-refractivity contribution in [3.8, 4) is 72.4 Å². The molecule has 0 saturated heterocycles. The van der Waals surface area contributed by atoms with Crippen LogP contribution < -0.4 is 4.90 Å². The van der Waals surface area contributed by atoms with E-state index in [1.807, 2.05) is 0 Å². The van der Waals surface area contributed by atoms with Crippen LogP contribution in [0.3, 0.4) is 0 Å². The first-order valence-corrected chi connectivity index (χ1v) is 23.3. The number of anilines is 3. The quantitative estimate of drug-likeness (QED) is 0.133. The topological polar surface area (TPSA) is 8.17 Å². The zero-order valence-corrected chi connectivity index (χ0v) is 37.5. The maximum absolute atomic E-state index is 2.43. The van der Waals surface area contributed by atoms with Gasteiger partial charge < -0.3 is 9.47 Å². The maximum Gasteiger partial charge on any atom is 0.0541 e. The minimum absolute atomic E-state index is 1.07. The fourth-order valence-electron chi connectivity index (χ4n) is 9.89. The van der Waals surface area contributed by atoms with Gasteiger partial charge in [-0.25, -0.2) is 0 Å². The van der Waals surface area contributed by atoms with E-state index in [9.17, 15) is 0 Å². The van der Waals surface area contributed by atoms with Gasteiger partial charge in [0.1, 0.15) is 0 Å². The largest absolute Gasteiger partial charge is 0.310 e. The lowest BCUT2D eigenvalue weighted by molar-refractivity contribution is 1.18. The van der Waals surface area contributed by atoms with Gasteiger partial charge in [0.25, 0.3) is 0 Å². The number of rotatable bonds is 10. The molecular weight excluding hydrogens is 821 g/mol. The van der Waals surface area contributed by atoms with Crippen molar-refractivity contribution in [2.24, 2.45) is 0 Å². The second-order valence-corrected chi connectivity index (χ2v) is 17.3. The lowest BCUT2D eigenvalue weighted by Gasteiger charge is -2.29. The third kappa shape index (κ3) is 7.64. The zero-order chi connectivity index (χ0) is 45.2. The molecule has 1 aromatic heterocycles. The highest BCUT2D eigenvalue weighted by molar-refractivity contribution is 6.10. The number of aromatic nitrogens is 1. The molecule has 11 aromatic carbocycles. The highest BCUT2D eigenvalue weighted by Crippen LogP contribution is 2.45. The van der Waals surface area contributed by atoms with Gasteiger partial charge >= 0.3 is 0 Å². The summed E-state index contributed by atoms with van der Waals surface area (Å²) in [5.41, 5.74) is 20.8. The predicted octanol–water partition coefficient (Wildman–Crippen LogP) is 18.3. The average Bonchev–Trinajstić information content (AvgIpc) is 3.76. The Morgan fingerprint density at radius 3 is 1.15 bits per heavy atom. The Hall–Kier alpha value is -8.98. The number of fused-ring (bicyclic) bond motifs is 3. The summed E-state index contributed by atoms with van der Waals surface area (Å²) in [4.78, 5) is 2.42. The molecule has 0 fully saturated rings. The lowest BCUT2D eigenvalue weighted by atomic mass is 9.93. The van der Waals surface area contributed by atoms with Crippen molar-refractivity contribution in [3.63, 3.8) is 0 Å². The normalized spacial score (nSPS) is 11.2. The molecule has 0 radical (unpaired) electrons. The van der Waals surface area contributed by atoms with Crippen LogP contribution in [0.15, 0.2) is 279 Å². The Balaban J connectivity index is 1.05. The van der Waals surface area contributed by atoms with E-state index in [0.29, 0.717) is 0 Å². The van der Waals surface area contributed by atoms with Crippen LogP contribution in [-0.4, -0.2) is 4.57 Å². The van der Waals surface area contributed by atoms with E-state index in [-0.39, 0.29) is 0 Å². The average molecular weight is 867 g/mol. The van der Waals surface area contributed by atoms with Crippen molar-refractivity contribution >= 4 is 38.9 Å². The number of para-hydroxylation sites is 3. The van der Waals surface area contributed by atoms with E-state index in [4.69, 9.17) is 0 Å². The van der Waals surface area contributed by atoms with E-state index in [2.05, 4.69) is 289 Å². The van der Waals surface area contributed by atoms with Crippen molar-refractivity contribution in [1.82, 2.24) is 4.57 Å². The van der Waals surface area contributed by atoms with Gasteiger partial charge in [0.2, 0.25) is 0 Å². The van der Waals surface area contributed by atoms with Crippen molar-refractivity contribution in [2.45, 2.75) is 0 Å². The fraction of sp³-hybridized carbons (Fsp3) is 0. The van der Waals surface area contributed by atoms with Gasteiger partial charge in [-0.1, -0.05) is 212 Å². The highest BCUT2D eigenvalue weighted by Gasteiger charge is 2.21. The molecule has 320 valence electrons. The van der Waals surface area contributed by atoms with Gasteiger partial charge in [0.05, 0.1) is 22.4 Å². The maximum atomic E-state index is 2.43. The van der Waals surface area contributed by atoms with E-state index in [0.717, 1.165) is 45.0 Å². The van der Waals surface area contributed by atoms with Crippen LogP contribution in [0.5, 0.6) is 0 Å². The Morgan fingerprint density at radius 2 is 0.603 bits per heavy atom. The molecule has 0 atom stereocenters. The van der Waals surface area contributed by atoms with Gasteiger partial charge in [-0.3, -0.25) is 0 Å². The number of hydrogen-bond donors (Lipinski definition) is 0. The molecule has 0 aliphatic heterocycles. The second-order valence-electron chi connectivity index (χ2n) is 17.3. The molecule has 0 bridgehead atoms. The van der Waals surface area contributed by atoms with Crippen molar-refractivity contribution in [3.05, 3.63) is 279 Å². The van der Waals surface area contributed by atoms with Gasteiger partial charge in [-0.05, 0) is 122 Å². The van der Waals surface area contributed by atoms with E-state index >= 15 is 0 Å². The molecule has 12 rings (SSSR count). The fourth-order valence-corrected chi connectivity index (χ4v) is 9.89. The van der Waals surface area contributed by atoms with Crippen LogP contribution >= 0.6 is 0 Å². The molecule has 0 spiro atoms. The molecule has 0 amide bonds. The standard InChI is InChI=1S/C66H46N2/c1-4-18-47(19-5-1)50-34-39-57(40-35-50)67(58-41-36-51(37-42-58)53-25-16-24-52(44-53)48-20-6-2-7-21-48)66-43-38-56(46-62(66)55-27-17-26-54(45-55)49-22-8-3-9-23-49)59-28-10-13-31-63(59)68-64-32-14-11-29-60(64)61-30-12-15-33-65(61)68/h1-46H. The molecule has 2 nitrogen and oxygen atoms in total. The third-order valence-electron chi connectivity index (χ3n) is 13.2. The number of benzene rings is 11. The molecule has 0 unspecified atom stereocenters. The first-order valence-electron chi connectivity index (χ1n) is 23.3. The summed E-state index contributed by atoms with van der Waals surface area (Å²) in [6.07, 6.45) is 0. The summed E-state index contributed by atoms with van der Waals surface area (Å²) in [6.45, 7) is 0. The summed E-state index contributed by atoms with van der Waals surface area (Å²) in [6, 6.07) is 101. The highest BCUT2D eigenvalue weighted by atomic mass is 15.1. The Kier molecular flexibility index (Phi) is 10.6. The molecule has 1 heterocycles. The lowest BCUT2D eigenvalue weighted by Crippen LogP contribution is -2.11. The molecule has 2 heteroatoms. The monoisotopic (exact) mass is 866 g/mol. The Morgan fingerprint density at radius 1 is 0.235 bits per heavy atom. The van der Waals surface area contributed by atoms with Crippen LogP contribution in [-0.2, 0) is 0 Å². The van der Waals surface area contributed by atoms with E-state index in [1.165, 1.54) is 66.3 Å². The molecule has 12 aromatic rings. The minimum atomic E-state index is 1.07. The first kappa shape index (κ1) is 40.5. The van der Waals surface area contributed by atoms with Crippen LogP contribution in [0.2, 0.25) is 0 Å². The van der Waals surface area contributed by atoms with Crippen LogP contribution in [0.4, 0.5) is 17.1 Å². The van der Waals surface area contributed by atoms with Gasteiger partial charge in [-0.15, -0.1) is 0 Å². The first-order chi connectivity index (χ1) is 33.7. The zero-order valence-electron chi connectivity index (χ0n) is 37.5. The molecule has 68 heavy (non-hydrogen) atoms. The molecular formula is C66H46N2. The van der Waals surface area contributed by atoms with Crippen molar-refractivity contribution in [2.75, 3.05) is 4.90 Å². The molecule has 0 saturated carbocycles. The summed E-state index contributed by atoms with van der Waals surface area (Å²) in [7, 11) is 0. The Bertz CT molecular complexity index is 3650. The smallest absolute Gasteiger partial charge is 0.0541 e. The van der Waals surface area contributed by atoms with Crippen molar-refractivity contribution in [1.29, 1.82) is 0 Å². The van der Waals surface area contributed by atoms with Gasteiger partial charge in [-0.2, -0.15) is 0 Å². The molecule has 0 aliphatic carbocycles. The summed E-state index contributed by atoms with van der Waals surface area (Å²) < 4.78 is 2.43. The number of hydrogen-bond acceptors (Lipinski definition) is 1. The van der Waals surface area contributed by atoms with Crippen LogP contribution in [0.25, 0.3) is 94.3 Å². The summed E-state index contributed by atoms with van der Waals surface area (Å²) in [5.74, 6) is 0. The van der Waals surface area contributed by atoms with Crippen LogP contribution in [0, 0.1) is 0 Å². The number of nitrogens with zero attached hydrogens (tertiary/aromatic N) is 2. The van der Waals surface area contributed by atoms with Crippen molar-refractivity contribution < 1.29 is 0 Å². The van der Waals surface area contributed by atoms with Gasteiger partial charge in [0, 0.05) is 33.3 Å². The van der Waals surface area contributed by atoms with E-state index < -0.39 is 0 Å². The minimum Gasteiger partial charge on any atom is -0.310 e. The van der Waals surface area contributed by atoms with Crippen LogP contribution in [0.1, 0.15) is 0 Å². The SMILES string of the molecule is c1ccc(-c2ccc(N(c3ccc(-c4cccc(-c5ccccc5)c4)cc3)c3ccc(-c4ccccc4-n4c5ccccc5c5ccccc54)cc3-c3cccc(-c4ccccc4)c3)cc2)cc1. The predicted molar refractivity (Wildman–Crippen MR) is 288 cm³/mol. The third-order valence-corrected chi connectivity index (χ3v) is 13.2. The molecule has 0 N–H and O–H groups in total. The Labute approximate surface area is 397 Å². The summed E-state index contributed by atoms with van der Waals surface area (Å²) in [5, 5.41) is 2.49. The molecule has 0 aliphatic rings. The van der Waals surface area contributed by atoms with E-state index in [1.54, 1.807) is 0 Å².